The molecule has 0 fully saturated rings. The normalized spacial score (nSPS) is 10.3. The molecule has 1 rings (SSSR count). The molecular weight excluding hydrogens is 200 g/mol. The van der Waals surface area contributed by atoms with E-state index >= 15 is 0 Å². The molecule has 0 radical (unpaired) electrons. The van der Waals surface area contributed by atoms with Crippen molar-refractivity contribution in [2.75, 3.05) is 0 Å². The summed E-state index contributed by atoms with van der Waals surface area (Å²) in [6, 6.07) is 8.40. The van der Waals surface area contributed by atoms with Crippen LogP contribution < -0.4 is 4.43 Å². The van der Waals surface area contributed by atoms with Crippen LogP contribution in [0, 0.1) is 0 Å². The van der Waals surface area contributed by atoms with Crippen molar-refractivity contribution in [1.82, 2.24) is 0 Å². The highest BCUT2D eigenvalue weighted by molar-refractivity contribution is 6.49. The van der Waals surface area contributed by atoms with Crippen molar-refractivity contribution in [3.8, 4) is 5.75 Å². The van der Waals surface area contributed by atoms with E-state index in [9.17, 15) is 0 Å². The molecule has 1 nitrogen and oxygen atoms in total. The summed E-state index contributed by atoms with van der Waals surface area (Å²) in [6.07, 6.45) is 0. The quantitative estimate of drug-likeness (QED) is 0.703. The summed E-state index contributed by atoms with van der Waals surface area (Å²) in [4.78, 5) is 0. The summed E-state index contributed by atoms with van der Waals surface area (Å²) in [5.41, 5.74) is 4.00. The summed E-state index contributed by atoms with van der Waals surface area (Å²) in [5.74, 6) is 1.00. The average Bonchev–Trinajstić information content (AvgIpc) is 2.17. The SMILES string of the molecule is CC(C)=C(C)c1ccc(O[SiH](C)C)cc1. The minimum atomic E-state index is -0.969. The standard InChI is InChI=1S/C13H20OSi/c1-10(2)11(3)12-6-8-13(9-7-12)14-15(4)5/h6-9,15H,1-5H3. The third-order valence-corrected chi connectivity index (χ3v) is 3.15. The maximum absolute atomic E-state index is 5.73. The first kappa shape index (κ1) is 12.0. The maximum Gasteiger partial charge on any atom is 0.229 e. The van der Waals surface area contributed by atoms with Gasteiger partial charge >= 0.3 is 0 Å². The smallest absolute Gasteiger partial charge is 0.229 e. The van der Waals surface area contributed by atoms with Gasteiger partial charge in [-0.05, 0) is 57.1 Å². The van der Waals surface area contributed by atoms with Gasteiger partial charge < -0.3 is 4.43 Å². The van der Waals surface area contributed by atoms with Crippen LogP contribution in [0.5, 0.6) is 5.75 Å². The van der Waals surface area contributed by atoms with Crippen molar-refractivity contribution in [2.45, 2.75) is 33.9 Å². The number of hydrogen-bond acceptors (Lipinski definition) is 1. The topological polar surface area (TPSA) is 9.23 Å². The number of rotatable bonds is 3. The van der Waals surface area contributed by atoms with Crippen LogP contribution >= 0.6 is 0 Å². The zero-order chi connectivity index (χ0) is 11.4. The van der Waals surface area contributed by atoms with Gasteiger partial charge in [0.15, 0.2) is 0 Å². The molecule has 0 amide bonds. The summed E-state index contributed by atoms with van der Waals surface area (Å²) >= 11 is 0. The van der Waals surface area contributed by atoms with Crippen LogP contribution in [0.15, 0.2) is 29.8 Å². The van der Waals surface area contributed by atoms with Crippen LogP contribution in [0.2, 0.25) is 13.1 Å². The molecule has 82 valence electrons. The lowest BCUT2D eigenvalue weighted by molar-refractivity contribution is 0.580. The van der Waals surface area contributed by atoms with Gasteiger partial charge in [-0.15, -0.1) is 0 Å². The lowest BCUT2D eigenvalue weighted by Crippen LogP contribution is -2.10. The fourth-order valence-corrected chi connectivity index (χ4v) is 2.05. The third kappa shape index (κ3) is 3.55. The van der Waals surface area contributed by atoms with Crippen LogP contribution in [0.25, 0.3) is 5.57 Å². The fourth-order valence-electron chi connectivity index (χ4n) is 1.34. The first-order chi connectivity index (χ1) is 7.00. The van der Waals surface area contributed by atoms with Gasteiger partial charge in [0.2, 0.25) is 9.04 Å². The molecule has 1 aromatic carbocycles. The Labute approximate surface area is 94.5 Å². The van der Waals surface area contributed by atoms with Gasteiger partial charge in [0.05, 0.1) is 0 Å². The van der Waals surface area contributed by atoms with E-state index in [0.29, 0.717) is 0 Å². The largest absolute Gasteiger partial charge is 0.547 e. The first-order valence-electron chi connectivity index (χ1n) is 5.42. The van der Waals surface area contributed by atoms with Crippen LogP contribution in [0.1, 0.15) is 26.3 Å². The Hall–Kier alpha value is -1.02. The highest BCUT2D eigenvalue weighted by atomic mass is 28.3. The molecule has 0 heterocycles. The molecule has 0 aliphatic carbocycles. The molecular formula is C13H20OSi. The van der Waals surface area contributed by atoms with E-state index in [0.717, 1.165) is 5.75 Å². The summed E-state index contributed by atoms with van der Waals surface area (Å²) in [7, 11) is -0.969. The van der Waals surface area contributed by atoms with Crippen molar-refractivity contribution in [1.29, 1.82) is 0 Å². The summed E-state index contributed by atoms with van der Waals surface area (Å²) in [6.45, 7) is 10.8. The van der Waals surface area contributed by atoms with E-state index in [1.165, 1.54) is 16.7 Å². The van der Waals surface area contributed by atoms with E-state index < -0.39 is 9.04 Å². The van der Waals surface area contributed by atoms with E-state index in [1.807, 2.05) is 0 Å². The predicted molar refractivity (Wildman–Crippen MR) is 69.9 cm³/mol. The van der Waals surface area contributed by atoms with Gasteiger partial charge in [0.1, 0.15) is 5.75 Å². The van der Waals surface area contributed by atoms with E-state index in [-0.39, 0.29) is 0 Å². The highest BCUT2D eigenvalue weighted by Crippen LogP contribution is 2.21. The summed E-state index contributed by atoms with van der Waals surface area (Å²) < 4.78 is 5.73. The summed E-state index contributed by atoms with van der Waals surface area (Å²) in [5, 5.41) is 0. The minimum absolute atomic E-state index is 0.969. The molecule has 0 spiro atoms. The molecule has 0 atom stereocenters. The molecule has 0 N–H and O–H groups in total. The third-order valence-electron chi connectivity index (χ3n) is 2.41. The lowest BCUT2D eigenvalue weighted by atomic mass is 10.0. The molecule has 0 saturated carbocycles. The second kappa shape index (κ2) is 5.17. The zero-order valence-corrected chi connectivity index (χ0v) is 11.4. The van der Waals surface area contributed by atoms with Gasteiger partial charge in [-0.1, -0.05) is 17.7 Å². The Morgan fingerprint density at radius 1 is 1.00 bits per heavy atom. The first-order valence-corrected chi connectivity index (χ1v) is 8.20. The van der Waals surface area contributed by atoms with E-state index in [4.69, 9.17) is 4.43 Å². The van der Waals surface area contributed by atoms with E-state index in [2.05, 4.69) is 58.1 Å². The Morgan fingerprint density at radius 2 is 1.53 bits per heavy atom. The van der Waals surface area contributed by atoms with Gasteiger partial charge in [0, 0.05) is 0 Å². The van der Waals surface area contributed by atoms with Crippen LogP contribution in [0.3, 0.4) is 0 Å². The Bertz CT molecular complexity index is 345. The fraction of sp³-hybridized carbons (Fsp3) is 0.385. The minimum Gasteiger partial charge on any atom is -0.547 e. The van der Waals surface area contributed by atoms with Crippen molar-refractivity contribution < 1.29 is 4.43 Å². The number of allylic oxidation sites excluding steroid dienone is 2. The zero-order valence-electron chi connectivity index (χ0n) is 10.3. The second-order valence-electron chi connectivity index (χ2n) is 4.32. The number of benzene rings is 1. The Kier molecular flexibility index (Phi) is 4.15. The molecule has 0 aliphatic heterocycles. The highest BCUT2D eigenvalue weighted by Gasteiger charge is 2.00. The molecule has 2 heteroatoms. The molecule has 0 aromatic heterocycles. The second-order valence-corrected chi connectivity index (χ2v) is 6.65. The molecule has 0 aliphatic rings. The van der Waals surface area contributed by atoms with Gasteiger partial charge in [0.25, 0.3) is 0 Å². The van der Waals surface area contributed by atoms with Crippen LogP contribution in [-0.2, 0) is 0 Å². The maximum atomic E-state index is 5.73. The Balaban J connectivity index is 2.86. The van der Waals surface area contributed by atoms with Crippen molar-refractivity contribution >= 4 is 14.6 Å². The molecule has 0 bridgehead atoms. The van der Waals surface area contributed by atoms with E-state index in [1.54, 1.807) is 0 Å². The lowest BCUT2D eigenvalue weighted by Gasteiger charge is -2.10. The van der Waals surface area contributed by atoms with Gasteiger partial charge in [-0.25, -0.2) is 0 Å². The number of hydrogen-bond donors (Lipinski definition) is 0. The van der Waals surface area contributed by atoms with Crippen molar-refractivity contribution in [3.63, 3.8) is 0 Å². The molecule has 15 heavy (non-hydrogen) atoms. The van der Waals surface area contributed by atoms with Crippen LogP contribution in [0.4, 0.5) is 0 Å². The predicted octanol–water partition coefficient (Wildman–Crippen LogP) is 3.86. The Morgan fingerprint density at radius 3 is 1.93 bits per heavy atom. The molecule has 1 aromatic rings. The molecule has 0 saturated heterocycles. The monoisotopic (exact) mass is 220 g/mol. The van der Waals surface area contributed by atoms with Gasteiger partial charge in [-0.2, -0.15) is 0 Å². The van der Waals surface area contributed by atoms with Crippen LogP contribution in [-0.4, -0.2) is 9.04 Å². The molecule has 0 unspecified atom stereocenters. The average molecular weight is 220 g/mol. The van der Waals surface area contributed by atoms with Crippen molar-refractivity contribution in [2.24, 2.45) is 0 Å². The van der Waals surface area contributed by atoms with Crippen molar-refractivity contribution in [3.05, 3.63) is 35.4 Å². The van der Waals surface area contributed by atoms with Gasteiger partial charge in [-0.3, -0.25) is 0 Å².